The average molecular weight is 338 g/mol. The number of hydrogen-bond donors (Lipinski definition) is 1. The van der Waals surface area contributed by atoms with E-state index in [9.17, 15) is 9.50 Å². The van der Waals surface area contributed by atoms with E-state index in [4.69, 9.17) is 0 Å². The Kier molecular flexibility index (Phi) is 4.78. The van der Waals surface area contributed by atoms with Crippen molar-refractivity contribution in [3.63, 3.8) is 0 Å². The van der Waals surface area contributed by atoms with E-state index in [1.165, 1.54) is 6.07 Å². The van der Waals surface area contributed by atoms with Crippen molar-refractivity contribution in [1.29, 1.82) is 0 Å². The van der Waals surface area contributed by atoms with E-state index in [0.29, 0.717) is 12.2 Å². The van der Waals surface area contributed by atoms with Crippen LogP contribution in [0.25, 0.3) is 0 Å². The average Bonchev–Trinajstić information content (AvgIpc) is 2.43. The fourth-order valence-electron chi connectivity index (χ4n) is 2.14. The minimum absolute atomic E-state index is 0.249. The molecule has 0 aromatic heterocycles. The fraction of sp³-hybridized carbons (Fsp3) is 0.250. The molecule has 0 fully saturated rings. The van der Waals surface area contributed by atoms with E-state index in [-0.39, 0.29) is 5.82 Å². The molecule has 2 nitrogen and oxygen atoms in total. The maximum atomic E-state index is 14.0. The molecule has 0 saturated heterocycles. The zero-order valence-electron chi connectivity index (χ0n) is 11.5. The summed E-state index contributed by atoms with van der Waals surface area (Å²) in [5.41, 5.74) is 2.24. The van der Waals surface area contributed by atoms with Gasteiger partial charge in [0.25, 0.3) is 0 Å². The van der Waals surface area contributed by atoms with E-state index in [2.05, 4.69) is 15.9 Å². The van der Waals surface area contributed by atoms with E-state index >= 15 is 0 Å². The second-order valence-corrected chi connectivity index (χ2v) is 5.44. The zero-order chi connectivity index (χ0) is 14.7. The largest absolute Gasteiger partial charge is 0.389 e. The van der Waals surface area contributed by atoms with Crippen LogP contribution in [-0.2, 0) is 0 Å². The Morgan fingerprint density at radius 3 is 2.45 bits per heavy atom. The van der Waals surface area contributed by atoms with Gasteiger partial charge in [0.1, 0.15) is 5.82 Å². The number of aliphatic hydroxyl groups is 1. The summed E-state index contributed by atoms with van der Waals surface area (Å²) in [6, 6.07) is 12.3. The number of para-hydroxylation sites is 1. The smallest absolute Gasteiger partial charge is 0.146 e. The van der Waals surface area contributed by atoms with Gasteiger partial charge in [0, 0.05) is 11.0 Å². The van der Waals surface area contributed by atoms with Crippen molar-refractivity contribution in [2.45, 2.75) is 20.0 Å². The highest BCUT2D eigenvalue weighted by molar-refractivity contribution is 9.10. The van der Waals surface area contributed by atoms with Gasteiger partial charge in [0.2, 0.25) is 0 Å². The maximum absolute atomic E-state index is 14.0. The van der Waals surface area contributed by atoms with Crippen LogP contribution in [0.2, 0.25) is 0 Å². The third-order valence-electron chi connectivity index (χ3n) is 3.20. The molecule has 2 aromatic carbocycles. The monoisotopic (exact) mass is 337 g/mol. The van der Waals surface area contributed by atoms with Gasteiger partial charge in [-0.25, -0.2) is 4.39 Å². The molecule has 0 aliphatic rings. The van der Waals surface area contributed by atoms with Crippen LogP contribution >= 0.6 is 15.9 Å². The fourth-order valence-corrected chi connectivity index (χ4v) is 2.75. The number of nitrogens with zero attached hydrogens (tertiary/aromatic N) is 1. The van der Waals surface area contributed by atoms with Gasteiger partial charge >= 0.3 is 0 Å². The van der Waals surface area contributed by atoms with Gasteiger partial charge in [-0.05, 0) is 59.6 Å². The molecule has 0 radical (unpaired) electrons. The van der Waals surface area contributed by atoms with Gasteiger partial charge in [0.15, 0.2) is 0 Å². The topological polar surface area (TPSA) is 23.5 Å². The first-order chi connectivity index (χ1) is 9.54. The van der Waals surface area contributed by atoms with E-state index in [0.717, 1.165) is 15.7 Å². The van der Waals surface area contributed by atoms with Crippen molar-refractivity contribution in [2.75, 3.05) is 11.4 Å². The zero-order valence-corrected chi connectivity index (χ0v) is 13.1. The lowest BCUT2D eigenvalue weighted by atomic mass is 10.1. The first-order valence-corrected chi connectivity index (χ1v) is 7.33. The molecule has 0 aliphatic heterocycles. The molecule has 1 atom stereocenters. The minimum Gasteiger partial charge on any atom is -0.389 e. The lowest BCUT2D eigenvalue weighted by Gasteiger charge is -2.25. The molecule has 106 valence electrons. The first kappa shape index (κ1) is 15.0. The summed E-state index contributed by atoms with van der Waals surface area (Å²) in [5.74, 6) is -0.249. The Bertz CT molecular complexity index is 601. The van der Waals surface area contributed by atoms with Gasteiger partial charge < -0.3 is 10.0 Å². The Balaban J connectivity index is 2.45. The number of aliphatic hydroxyl groups excluding tert-OH is 1. The third kappa shape index (κ3) is 3.02. The SMILES string of the molecule is CCN(c1ccccc1F)c1ccc([C@H](C)O)cc1Br. The predicted molar refractivity (Wildman–Crippen MR) is 83.9 cm³/mol. The number of hydrogen-bond acceptors (Lipinski definition) is 2. The van der Waals surface area contributed by atoms with Crippen LogP contribution in [0.4, 0.5) is 15.8 Å². The van der Waals surface area contributed by atoms with Gasteiger partial charge in [-0.3, -0.25) is 0 Å². The first-order valence-electron chi connectivity index (χ1n) is 6.54. The van der Waals surface area contributed by atoms with Gasteiger partial charge in [-0.2, -0.15) is 0 Å². The van der Waals surface area contributed by atoms with Crippen molar-refractivity contribution < 1.29 is 9.50 Å². The Morgan fingerprint density at radius 1 is 1.20 bits per heavy atom. The van der Waals surface area contributed by atoms with Crippen LogP contribution in [0.1, 0.15) is 25.5 Å². The van der Waals surface area contributed by atoms with Gasteiger partial charge in [0.05, 0.1) is 17.5 Å². The highest BCUT2D eigenvalue weighted by Crippen LogP contribution is 2.34. The van der Waals surface area contributed by atoms with Crippen molar-refractivity contribution >= 4 is 27.3 Å². The van der Waals surface area contributed by atoms with Crippen LogP contribution in [0, 0.1) is 5.82 Å². The molecule has 0 amide bonds. The summed E-state index contributed by atoms with van der Waals surface area (Å²) >= 11 is 3.50. The van der Waals surface area contributed by atoms with Crippen LogP contribution in [0.15, 0.2) is 46.9 Å². The summed E-state index contributed by atoms with van der Waals surface area (Å²) in [5, 5.41) is 9.60. The van der Waals surface area contributed by atoms with E-state index in [1.54, 1.807) is 19.1 Å². The molecule has 0 heterocycles. The normalized spacial score (nSPS) is 12.2. The van der Waals surface area contributed by atoms with Gasteiger partial charge in [-0.1, -0.05) is 18.2 Å². The van der Waals surface area contributed by atoms with E-state index in [1.807, 2.05) is 36.1 Å². The number of halogens is 2. The Hall–Kier alpha value is -1.39. The molecule has 0 bridgehead atoms. The molecule has 4 heteroatoms. The van der Waals surface area contributed by atoms with Crippen molar-refractivity contribution in [1.82, 2.24) is 0 Å². The molecule has 0 spiro atoms. The highest BCUT2D eigenvalue weighted by Gasteiger charge is 2.15. The standard InChI is InChI=1S/C16H17BrFNO/c1-3-19(16-7-5-4-6-14(16)18)15-9-8-12(11(2)20)10-13(15)17/h4-11,20H,3H2,1-2H3/t11-/m0/s1. The molecule has 0 aliphatic carbocycles. The Labute approximate surface area is 127 Å². The second-order valence-electron chi connectivity index (χ2n) is 4.58. The minimum atomic E-state index is -0.524. The van der Waals surface area contributed by atoms with Crippen LogP contribution < -0.4 is 4.90 Å². The summed E-state index contributed by atoms with van der Waals surface area (Å²) < 4.78 is 14.8. The molecule has 2 aromatic rings. The summed E-state index contributed by atoms with van der Waals surface area (Å²) in [7, 11) is 0. The summed E-state index contributed by atoms with van der Waals surface area (Å²) in [4.78, 5) is 1.89. The lowest BCUT2D eigenvalue weighted by Crippen LogP contribution is -2.18. The molecule has 0 unspecified atom stereocenters. The summed E-state index contributed by atoms with van der Waals surface area (Å²) in [6.45, 7) is 4.34. The predicted octanol–water partition coefficient (Wildman–Crippen LogP) is 4.80. The van der Waals surface area contributed by atoms with Crippen LogP contribution in [0.3, 0.4) is 0 Å². The molecular formula is C16H17BrFNO. The highest BCUT2D eigenvalue weighted by atomic mass is 79.9. The van der Waals surface area contributed by atoms with Crippen molar-refractivity contribution in [3.8, 4) is 0 Å². The number of rotatable bonds is 4. The van der Waals surface area contributed by atoms with Crippen molar-refractivity contribution in [2.24, 2.45) is 0 Å². The molecule has 2 rings (SSSR count). The lowest BCUT2D eigenvalue weighted by molar-refractivity contribution is 0.199. The molecule has 0 saturated carbocycles. The van der Waals surface area contributed by atoms with Gasteiger partial charge in [-0.15, -0.1) is 0 Å². The third-order valence-corrected chi connectivity index (χ3v) is 3.84. The Morgan fingerprint density at radius 2 is 1.90 bits per heavy atom. The number of benzene rings is 2. The van der Waals surface area contributed by atoms with E-state index < -0.39 is 6.10 Å². The van der Waals surface area contributed by atoms with Crippen molar-refractivity contribution in [3.05, 3.63) is 58.3 Å². The molecule has 1 N–H and O–H groups in total. The number of anilines is 2. The van der Waals surface area contributed by atoms with Crippen LogP contribution in [0.5, 0.6) is 0 Å². The van der Waals surface area contributed by atoms with Crippen LogP contribution in [-0.4, -0.2) is 11.7 Å². The summed E-state index contributed by atoms with van der Waals surface area (Å²) in [6.07, 6.45) is -0.524. The molecular weight excluding hydrogens is 321 g/mol. The second kappa shape index (κ2) is 6.37. The quantitative estimate of drug-likeness (QED) is 0.866. The molecule has 20 heavy (non-hydrogen) atoms. The maximum Gasteiger partial charge on any atom is 0.146 e.